The molecule has 1 saturated heterocycles. The maximum atomic E-state index is 5.85. The molecular formula is C11H24N2O2. The molecule has 2 atom stereocenters. The maximum absolute atomic E-state index is 5.85. The summed E-state index contributed by atoms with van der Waals surface area (Å²) in [6.45, 7) is 8.28. The molecule has 0 aromatic heterocycles. The summed E-state index contributed by atoms with van der Waals surface area (Å²) in [5.41, 5.74) is 5.81. The van der Waals surface area contributed by atoms with Gasteiger partial charge in [0, 0.05) is 33.4 Å². The van der Waals surface area contributed by atoms with Crippen LogP contribution in [0, 0.1) is 0 Å². The fourth-order valence-electron chi connectivity index (χ4n) is 2.01. The number of nitrogens with zero attached hydrogens (tertiary/aromatic N) is 1. The lowest BCUT2D eigenvalue weighted by atomic mass is 10.0. The van der Waals surface area contributed by atoms with Crippen molar-refractivity contribution in [1.29, 1.82) is 0 Å². The van der Waals surface area contributed by atoms with Crippen LogP contribution < -0.4 is 5.73 Å². The minimum Gasteiger partial charge on any atom is -0.380 e. The molecule has 4 nitrogen and oxygen atoms in total. The van der Waals surface area contributed by atoms with E-state index in [9.17, 15) is 0 Å². The van der Waals surface area contributed by atoms with Crippen molar-refractivity contribution in [3.05, 3.63) is 0 Å². The summed E-state index contributed by atoms with van der Waals surface area (Å²) >= 11 is 0. The van der Waals surface area contributed by atoms with E-state index in [0.717, 1.165) is 26.1 Å². The van der Waals surface area contributed by atoms with Gasteiger partial charge in [-0.15, -0.1) is 0 Å². The molecule has 0 saturated carbocycles. The van der Waals surface area contributed by atoms with Crippen molar-refractivity contribution in [3.8, 4) is 0 Å². The number of hydrogen-bond acceptors (Lipinski definition) is 4. The Bertz CT molecular complexity index is 189. The van der Waals surface area contributed by atoms with Crippen molar-refractivity contribution in [2.24, 2.45) is 5.73 Å². The van der Waals surface area contributed by atoms with Gasteiger partial charge in [-0.3, -0.25) is 4.90 Å². The van der Waals surface area contributed by atoms with Crippen LogP contribution in [0.4, 0.5) is 0 Å². The fourth-order valence-corrected chi connectivity index (χ4v) is 2.01. The molecule has 15 heavy (non-hydrogen) atoms. The third-order valence-corrected chi connectivity index (χ3v) is 3.30. The zero-order valence-electron chi connectivity index (χ0n) is 10.2. The van der Waals surface area contributed by atoms with E-state index >= 15 is 0 Å². The standard InChI is InChI=1S/C11H24N2O2/c1-4-15-9-11(2,8-12)13-6-5-10(7-13)14-3/h10H,4-9,12H2,1-3H3. The molecule has 1 heterocycles. The first kappa shape index (κ1) is 12.9. The van der Waals surface area contributed by atoms with E-state index in [-0.39, 0.29) is 5.54 Å². The lowest BCUT2D eigenvalue weighted by Crippen LogP contribution is -2.54. The van der Waals surface area contributed by atoms with Crippen LogP contribution in [0.2, 0.25) is 0 Å². The summed E-state index contributed by atoms with van der Waals surface area (Å²) in [5.74, 6) is 0. The first-order valence-corrected chi connectivity index (χ1v) is 5.72. The third-order valence-electron chi connectivity index (χ3n) is 3.30. The Kier molecular flexibility index (Phi) is 4.99. The second kappa shape index (κ2) is 5.80. The highest BCUT2D eigenvalue weighted by atomic mass is 16.5. The van der Waals surface area contributed by atoms with Crippen molar-refractivity contribution in [2.75, 3.05) is 40.0 Å². The lowest BCUT2D eigenvalue weighted by Gasteiger charge is -2.37. The van der Waals surface area contributed by atoms with Gasteiger partial charge in [0.15, 0.2) is 0 Å². The Hall–Kier alpha value is -0.160. The smallest absolute Gasteiger partial charge is 0.0710 e. The molecule has 4 heteroatoms. The molecule has 1 fully saturated rings. The quantitative estimate of drug-likeness (QED) is 0.701. The van der Waals surface area contributed by atoms with Crippen LogP contribution in [0.5, 0.6) is 0 Å². The molecule has 2 unspecified atom stereocenters. The molecule has 0 radical (unpaired) electrons. The van der Waals surface area contributed by atoms with Crippen molar-refractivity contribution in [2.45, 2.75) is 31.9 Å². The topological polar surface area (TPSA) is 47.7 Å². The Labute approximate surface area is 92.7 Å². The summed E-state index contributed by atoms with van der Waals surface area (Å²) < 4.78 is 10.9. The first-order valence-electron chi connectivity index (χ1n) is 5.72. The largest absolute Gasteiger partial charge is 0.380 e. The second-order valence-corrected chi connectivity index (χ2v) is 4.43. The van der Waals surface area contributed by atoms with Crippen LogP contribution in [-0.4, -0.2) is 56.5 Å². The number of ether oxygens (including phenoxy) is 2. The summed E-state index contributed by atoms with van der Waals surface area (Å²) in [5, 5.41) is 0. The minimum absolute atomic E-state index is 0.0384. The molecule has 1 rings (SSSR count). The molecule has 0 aliphatic carbocycles. The molecular weight excluding hydrogens is 192 g/mol. The van der Waals surface area contributed by atoms with Gasteiger partial charge in [0.1, 0.15) is 0 Å². The van der Waals surface area contributed by atoms with Crippen molar-refractivity contribution in [1.82, 2.24) is 4.90 Å². The highest BCUT2D eigenvalue weighted by Crippen LogP contribution is 2.22. The Morgan fingerprint density at radius 1 is 1.53 bits per heavy atom. The van der Waals surface area contributed by atoms with Gasteiger partial charge in [-0.1, -0.05) is 0 Å². The number of rotatable bonds is 6. The SMILES string of the molecule is CCOCC(C)(CN)N1CCC(OC)C1. The van der Waals surface area contributed by atoms with Crippen molar-refractivity contribution in [3.63, 3.8) is 0 Å². The van der Waals surface area contributed by atoms with Crippen LogP contribution in [-0.2, 0) is 9.47 Å². The summed E-state index contributed by atoms with van der Waals surface area (Å²) in [6.07, 6.45) is 1.45. The van der Waals surface area contributed by atoms with Crippen LogP contribution in [0.15, 0.2) is 0 Å². The predicted octanol–water partition coefficient (Wildman–Crippen LogP) is 0.461. The van der Waals surface area contributed by atoms with Gasteiger partial charge < -0.3 is 15.2 Å². The van der Waals surface area contributed by atoms with Crippen LogP contribution in [0.1, 0.15) is 20.3 Å². The maximum Gasteiger partial charge on any atom is 0.0710 e. The number of nitrogens with two attached hydrogens (primary N) is 1. The Morgan fingerprint density at radius 2 is 2.27 bits per heavy atom. The predicted molar refractivity (Wildman–Crippen MR) is 60.9 cm³/mol. The zero-order chi connectivity index (χ0) is 11.3. The van der Waals surface area contributed by atoms with Gasteiger partial charge in [-0.2, -0.15) is 0 Å². The van der Waals surface area contributed by atoms with E-state index < -0.39 is 0 Å². The third kappa shape index (κ3) is 3.14. The van der Waals surface area contributed by atoms with Gasteiger partial charge in [-0.05, 0) is 20.3 Å². The molecule has 1 aliphatic heterocycles. The van der Waals surface area contributed by atoms with E-state index in [1.54, 1.807) is 7.11 Å². The van der Waals surface area contributed by atoms with E-state index in [1.807, 2.05) is 6.92 Å². The second-order valence-electron chi connectivity index (χ2n) is 4.43. The molecule has 1 aliphatic rings. The molecule has 90 valence electrons. The van der Waals surface area contributed by atoms with Crippen LogP contribution in [0.3, 0.4) is 0 Å². The van der Waals surface area contributed by atoms with E-state index in [1.165, 1.54) is 0 Å². The van der Waals surface area contributed by atoms with E-state index in [4.69, 9.17) is 15.2 Å². The van der Waals surface area contributed by atoms with Crippen LogP contribution >= 0.6 is 0 Å². The van der Waals surface area contributed by atoms with E-state index in [0.29, 0.717) is 19.3 Å². The molecule has 2 N–H and O–H groups in total. The normalized spacial score (nSPS) is 26.8. The Morgan fingerprint density at radius 3 is 2.73 bits per heavy atom. The fraction of sp³-hybridized carbons (Fsp3) is 1.00. The van der Waals surface area contributed by atoms with Crippen molar-refractivity contribution >= 4 is 0 Å². The van der Waals surface area contributed by atoms with Crippen molar-refractivity contribution < 1.29 is 9.47 Å². The number of likely N-dealkylation sites (tertiary alicyclic amines) is 1. The minimum atomic E-state index is -0.0384. The summed E-state index contributed by atoms with van der Waals surface area (Å²) in [4.78, 5) is 2.39. The van der Waals surface area contributed by atoms with Gasteiger partial charge >= 0.3 is 0 Å². The zero-order valence-corrected chi connectivity index (χ0v) is 10.2. The van der Waals surface area contributed by atoms with Gasteiger partial charge in [0.2, 0.25) is 0 Å². The molecule has 0 spiro atoms. The molecule has 0 aromatic carbocycles. The van der Waals surface area contributed by atoms with Gasteiger partial charge in [0.05, 0.1) is 18.2 Å². The molecule has 0 bridgehead atoms. The lowest BCUT2D eigenvalue weighted by molar-refractivity contribution is 0.0125. The molecule has 0 aromatic rings. The average molecular weight is 216 g/mol. The van der Waals surface area contributed by atoms with Gasteiger partial charge in [-0.25, -0.2) is 0 Å². The number of hydrogen-bond donors (Lipinski definition) is 1. The van der Waals surface area contributed by atoms with Gasteiger partial charge in [0.25, 0.3) is 0 Å². The van der Waals surface area contributed by atoms with E-state index in [2.05, 4.69) is 11.8 Å². The van der Waals surface area contributed by atoms with Crippen LogP contribution in [0.25, 0.3) is 0 Å². The highest BCUT2D eigenvalue weighted by Gasteiger charge is 2.36. The Balaban J connectivity index is 2.50. The monoisotopic (exact) mass is 216 g/mol. The number of methoxy groups -OCH3 is 1. The molecule has 0 amide bonds. The summed E-state index contributed by atoms with van der Waals surface area (Å²) in [6, 6.07) is 0. The first-order chi connectivity index (χ1) is 7.16. The summed E-state index contributed by atoms with van der Waals surface area (Å²) in [7, 11) is 1.77. The average Bonchev–Trinajstić information content (AvgIpc) is 2.75. The highest BCUT2D eigenvalue weighted by molar-refractivity contribution is 4.92.